The first kappa shape index (κ1) is 18.7. The molecule has 0 radical (unpaired) electrons. The van der Waals surface area contributed by atoms with E-state index in [1.165, 1.54) is 7.11 Å². The van der Waals surface area contributed by atoms with Crippen molar-refractivity contribution in [1.29, 1.82) is 0 Å². The molecule has 3 aromatic rings. The Morgan fingerprint density at radius 2 is 2.00 bits per heavy atom. The number of benzene rings is 2. The number of esters is 1. The summed E-state index contributed by atoms with van der Waals surface area (Å²) in [5.41, 5.74) is 9.75. The van der Waals surface area contributed by atoms with Crippen LogP contribution in [0.2, 0.25) is 10.0 Å². The molecule has 1 aliphatic heterocycles. The molecule has 0 saturated heterocycles. The number of carbonyl (C=O) groups is 1. The van der Waals surface area contributed by atoms with Crippen molar-refractivity contribution in [2.75, 3.05) is 7.11 Å². The first-order valence-electron chi connectivity index (χ1n) is 8.53. The van der Waals surface area contributed by atoms with Gasteiger partial charge in [-0.1, -0.05) is 41.4 Å². The van der Waals surface area contributed by atoms with Gasteiger partial charge in [0.05, 0.1) is 37.3 Å². The van der Waals surface area contributed by atoms with Crippen LogP contribution in [0.15, 0.2) is 47.5 Å². The maximum atomic E-state index is 12.3. The number of rotatable bonds is 3. The van der Waals surface area contributed by atoms with E-state index in [0.717, 1.165) is 16.8 Å². The Balaban J connectivity index is 2.04. The van der Waals surface area contributed by atoms with Crippen LogP contribution >= 0.6 is 23.2 Å². The molecule has 2 aromatic carbocycles. The number of fused-ring (bicyclic) bond motifs is 3. The molecule has 2 heterocycles. The summed E-state index contributed by atoms with van der Waals surface area (Å²) in [6.07, 6.45) is 0. The molecule has 0 amide bonds. The number of aliphatic imine (C=N–C) groups is 1. The fraction of sp³-hybridized carbons (Fsp3) is 0.150. The molecule has 4 rings (SSSR count). The molecule has 0 atom stereocenters. The number of hydrogen-bond donors (Lipinski definition) is 1. The van der Waals surface area contributed by atoms with E-state index in [9.17, 15) is 4.79 Å². The lowest BCUT2D eigenvalue weighted by Gasteiger charge is -2.14. The monoisotopic (exact) mass is 414 g/mol. The van der Waals surface area contributed by atoms with Crippen molar-refractivity contribution in [3.8, 4) is 5.69 Å². The smallest absolute Gasteiger partial charge is 0.358 e. The van der Waals surface area contributed by atoms with Crippen molar-refractivity contribution in [1.82, 2.24) is 9.55 Å². The predicted molar refractivity (Wildman–Crippen MR) is 109 cm³/mol. The zero-order chi connectivity index (χ0) is 19.8. The molecule has 8 heteroatoms. The van der Waals surface area contributed by atoms with Crippen molar-refractivity contribution in [3.63, 3.8) is 0 Å². The number of imidazole rings is 1. The summed E-state index contributed by atoms with van der Waals surface area (Å²) in [6, 6.07) is 12.9. The Bertz CT molecular complexity index is 1120. The largest absolute Gasteiger partial charge is 0.464 e. The van der Waals surface area contributed by atoms with Crippen molar-refractivity contribution in [2.24, 2.45) is 10.7 Å². The molecule has 142 valence electrons. The van der Waals surface area contributed by atoms with Crippen LogP contribution in [-0.4, -0.2) is 28.3 Å². The molecule has 0 aliphatic carbocycles. The summed E-state index contributed by atoms with van der Waals surface area (Å²) >= 11 is 12.7. The third-order valence-corrected chi connectivity index (χ3v) is 5.14. The molecular formula is C20H16Cl2N4O2. The van der Waals surface area contributed by atoms with Gasteiger partial charge < -0.3 is 10.5 Å². The summed E-state index contributed by atoms with van der Waals surface area (Å²) in [6.45, 7) is 0.359. The Morgan fingerprint density at radius 1 is 1.21 bits per heavy atom. The second-order valence-corrected chi connectivity index (χ2v) is 7.00. The minimum atomic E-state index is -0.532. The highest BCUT2D eigenvalue weighted by Crippen LogP contribution is 2.32. The molecule has 1 aliphatic rings. The van der Waals surface area contributed by atoms with Crippen molar-refractivity contribution >= 4 is 34.9 Å². The fourth-order valence-electron chi connectivity index (χ4n) is 3.35. The van der Waals surface area contributed by atoms with E-state index in [4.69, 9.17) is 38.7 Å². The zero-order valence-electron chi connectivity index (χ0n) is 14.9. The van der Waals surface area contributed by atoms with E-state index in [-0.39, 0.29) is 18.8 Å². The average Bonchev–Trinajstić information content (AvgIpc) is 2.99. The highest BCUT2D eigenvalue weighted by molar-refractivity contribution is 6.36. The standard InChI is InChI=1S/C20H16Cl2N4O2/c1-28-20(27)19-16-10-24-18(12-4-2-3-5-14(12)22)13-8-11(21)6-7-15(13)26(16)17(9-23)25-19/h2-8H,9-10,23H2,1H3. The molecule has 0 bridgehead atoms. The van der Waals surface area contributed by atoms with Crippen LogP contribution in [0.25, 0.3) is 5.69 Å². The molecule has 0 unspecified atom stereocenters. The van der Waals surface area contributed by atoms with E-state index in [0.29, 0.717) is 27.3 Å². The summed E-state index contributed by atoms with van der Waals surface area (Å²) in [4.78, 5) is 21.4. The van der Waals surface area contributed by atoms with Crippen LogP contribution in [0.1, 0.15) is 33.1 Å². The van der Waals surface area contributed by atoms with Crippen molar-refractivity contribution in [3.05, 3.63) is 80.8 Å². The topological polar surface area (TPSA) is 82.5 Å². The van der Waals surface area contributed by atoms with Crippen LogP contribution in [-0.2, 0) is 17.8 Å². The van der Waals surface area contributed by atoms with Gasteiger partial charge in [-0.3, -0.25) is 9.56 Å². The Morgan fingerprint density at radius 3 is 2.71 bits per heavy atom. The molecule has 2 N–H and O–H groups in total. The van der Waals surface area contributed by atoms with Gasteiger partial charge in [0.15, 0.2) is 5.69 Å². The van der Waals surface area contributed by atoms with Gasteiger partial charge >= 0.3 is 5.97 Å². The number of methoxy groups -OCH3 is 1. The first-order chi connectivity index (χ1) is 13.5. The predicted octanol–water partition coefficient (Wildman–Crippen LogP) is 3.78. The molecule has 28 heavy (non-hydrogen) atoms. The minimum absolute atomic E-state index is 0.146. The Hall–Kier alpha value is -2.67. The lowest BCUT2D eigenvalue weighted by molar-refractivity contribution is 0.0593. The first-order valence-corrected chi connectivity index (χ1v) is 9.29. The maximum Gasteiger partial charge on any atom is 0.358 e. The fourth-order valence-corrected chi connectivity index (χ4v) is 3.75. The normalized spacial score (nSPS) is 12.6. The molecule has 0 spiro atoms. The number of halogens is 2. The van der Waals surface area contributed by atoms with E-state index in [1.54, 1.807) is 6.07 Å². The van der Waals surface area contributed by atoms with Gasteiger partial charge in [-0.05, 0) is 24.3 Å². The van der Waals surface area contributed by atoms with Crippen molar-refractivity contribution < 1.29 is 9.53 Å². The van der Waals surface area contributed by atoms with E-state index < -0.39 is 5.97 Å². The van der Waals surface area contributed by atoms with Gasteiger partial charge in [0.2, 0.25) is 0 Å². The van der Waals surface area contributed by atoms with E-state index >= 15 is 0 Å². The third-order valence-electron chi connectivity index (χ3n) is 4.57. The summed E-state index contributed by atoms with van der Waals surface area (Å²) in [5.74, 6) is 0.00457. The second-order valence-electron chi connectivity index (χ2n) is 6.16. The van der Waals surface area contributed by atoms with Gasteiger partial charge in [-0.15, -0.1) is 0 Å². The molecule has 0 saturated carbocycles. The van der Waals surface area contributed by atoms with Gasteiger partial charge in [-0.2, -0.15) is 0 Å². The van der Waals surface area contributed by atoms with Gasteiger partial charge in [0, 0.05) is 21.2 Å². The number of nitrogens with two attached hydrogens (primary N) is 1. The Labute approximate surface area is 171 Å². The number of nitrogens with zero attached hydrogens (tertiary/aromatic N) is 3. The Kier molecular flexibility index (Phi) is 4.93. The lowest BCUT2D eigenvalue weighted by atomic mass is 10.0. The van der Waals surface area contributed by atoms with Gasteiger partial charge in [-0.25, -0.2) is 9.78 Å². The number of aromatic nitrogens is 2. The third kappa shape index (κ3) is 2.99. The van der Waals surface area contributed by atoms with E-state index in [2.05, 4.69) is 4.98 Å². The SMILES string of the molecule is COC(=O)c1nc(CN)n2c1CN=C(c1ccccc1Cl)c1cc(Cl)ccc1-2. The minimum Gasteiger partial charge on any atom is -0.464 e. The highest BCUT2D eigenvalue weighted by Gasteiger charge is 2.28. The summed E-state index contributed by atoms with van der Waals surface area (Å²) in [5, 5.41) is 1.13. The molecule has 6 nitrogen and oxygen atoms in total. The average molecular weight is 415 g/mol. The zero-order valence-corrected chi connectivity index (χ0v) is 16.5. The van der Waals surface area contributed by atoms with Crippen LogP contribution in [0.3, 0.4) is 0 Å². The molecular weight excluding hydrogens is 399 g/mol. The van der Waals surface area contributed by atoms with E-state index in [1.807, 2.05) is 41.0 Å². The quantitative estimate of drug-likeness (QED) is 0.661. The molecule has 0 fully saturated rings. The summed E-state index contributed by atoms with van der Waals surface area (Å²) < 4.78 is 6.74. The number of carbonyl (C=O) groups excluding carboxylic acids is 1. The lowest BCUT2D eigenvalue weighted by Crippen LogP contribution is -2.12. The maximum absolute atomic E-state index is 12.3. The second kappa shape index (κ2) is 7.39. The van der Waals surface area contributed by atoms with Crippen LogP contribution in [0.4, 0.5) is 0 Å². The van der Waals surface area contributed by atoms with Gasteiger partial charge in [0.25, 0.3) is 0 Å². The van der Waals surface area contributed by atoms with Crippen molar-refractivity contribution in [2.45, 2.75) is 13.1 Å². The van der Waals surface area contributed by atoms with Crippen LogP contribution in [0, 0.1) is 0 Å². The number of hydrogen-bond acceptors (Lipinski definition) is 5. The molecule has 1 aromatic heterocycles. The van der Waals surface area contributed by atoms with Crippen LogP contribution in [0.5, 0.6) is 0 Å². The van der Waals surface area contributed by atoms with Gasteiger partial charge in [0.1, 0.15) is 5.82 Å². The summed E-state index contributed by atoms with van der Waals surface area (Å²) in [7, 11) is 1.32. The highest BCUT2D eigenvalue weighted by atomic mass is 35.5. The number of ether oxygens (including phenoxy) is 1. The van der Waals surface area contributed by atoms with Crippen LogP contribution < -0.4 is 5.73 Å².